The van der Waals surface area contributed by atoms with Gasteiger partial charge in [0.2, 0.25) is 0 Å². The summed E-state index contributed by atoms with van der Waals surface area (Å²) < 4.78 is 0. The highest BCUT2D eigenvalue weighted by Crippen LogP contribution is 2.14. The lowest BCUT2D eigenvalue weighted by Crippen LogP contribution is -2.07. The fourth-order valence-corrected chi connectivity index (χ4v) is 3.52. The number of rotatable bonds is 4. The molecule has 0 radical (unpaired) electrons. The quantitative estimate of drug-likeness (QED) is 0.241. The Hall–Kier alpha value is -4.66. The van der Waals surface area contributed by atoms with Gasteiger partial charge in [-0.15, -0.1) is 0 Å². The normalized spacial score (nSPS) is 10.2. The molecule has 4 rings (SSSR count). The third-order valence-electron chi connectivity index (χ3n) is 5.76. The van der Waals surface area contributed by atoms with E-state index in [2.05, 4.69) is 143 Å². The molecule has 2 heteroatoms. The van der Waals surface area contributed by atoms with Gasteiger partial charge in [-0.2, -0.15) is 0 Å². The van der Waals surface area contributed by atoms with E-state index in [1.807, 2.05) is 28.2 Å². The average molecular weight is 467 g/mol. The molecule has 36 heavy (non-hydrogen) atoms. The minimum Gasteiger partial charge on any atom is -0.378 e. The largest absolute Gasteiger partial charge is 0.378 e. The zero-order valence-electron chi connectivity index (χ0n) is 21.3. The number of anilines is 2. The van der Waals surface area contributed by atoms with Crippen LogP contribution in [0.5, 0.6) is 0 Å². The third kappa shape index (κ3) is 6.92. The second kappa shape index (κ2) is 11.7. The molecule has 0 aliphatic carbocycles. The lowest BCUT2D eigenvalue weighted by Gasteiger charge is -2.11. The maximum atomic E-state index is 3.25. The molecule has 0 saturated carbocycles. The molecule has 0 fully saturated rings. The Labute approximate surface area is 215 Å². The van der Waals surface area contributed by atoms with E-state index in [0.29, 0.717) is 0 Å². The summed E-state index contributed by atoms with van der Waals surface area (Å²) in [6.07, 6.45) is 4.23. The van der Waals surface area contributed by atoms with Gasteiger partial charge < -0.3 is 9.80 Å². The highest BCUT2D eigenvalue weighted by atomic mass is 15.1. The molecule has 0 aliphatic rings. The molecule has 4 aromatic carbocycles. The van der Waals surface area contributed by atoms with Crippen LogP contribution in [0.15, 0.2) is 97.1 Å². The van der Waals surface area contributed by atoms with Gasteiger partial charge in [0.15, 0.2) is 0 Å². The predicted octanol–water partition coefficient (Wildman–Crippen LogP) is 6.79. The van der Waals surface area contributed by atoms with E-state index in [0.717, 1.165) is 33.4 Å². The van der Waals surface area contributed by atoms with Gasteiger partial charge in [-0.05, 0) is 83.9 Å². The van der Waals surface area contributed by atoms with Crippen LogP contribution < -0.4 is 9.80 Å². The maximum Gasteiger partial charge on any atom is 0.0361 e. The number of hydrogen-bond acceptors (Lipinski definition) is 2. The molecule has 0 aliphatic heterocycles. The monoisotopic (exact) mass is 466 g/mol. The van der Waals surface area contributed by atoms with Crippen molar-refractivity contribution in [3.63, 3.8) is 0 Å². The summed E-state index contributed by atoms with van der Waals surface area (Å²) in [4.78, 5) is 4.16. The van der Waals surface area contributed by atoms with Crippen LogP contribution in [0.4, 0.5) is 11.4 Å². The lowest BCUT2D eigenvalue weighted by atomic mass is 10.1. The molecule has 0 heterocycles. The summed E-state index contributed by atoms with van der Waals surface area (Å²) in [7, 11) is 8.14. The number of hydrogen-bond donors (Lipinski definition) is 0. The van der Waals surface area contributed by atoms with Crippen LogP contribution in [0.2, 0.25) is 0 Å². The van der Waals surface area contributed by atoms with Crippen LogP contribution in [0.3, 0.4) is 0 Å². The van der Waals surface area contributed by atoms with Crippen LogP contribution in [-0.4, -0.2) is 28.2 Å². The van der Waals surface area contributed by atoms with Gasteiger partial charge in [0.25, 0.3) is 0 Å². The van der Waals surface area contributed by atoms with Crippen LogP contribution in [-0.2, 0) is 0 Å². The van der Waals surface area contributed by atoms with E-state index < -0.39 is 0 Å². The highest BCUT2D eigenvalue weighted by molar-refractivity contribution is 5.70. The van der Waals surface area contributed by atoms with Crippen LogP contribution >= 0.6 is 0 Å². The van der Waals surface area contributed by atoms with Crippen molar-refractivity contribution in [2.75, 3.05) is 38.0 Å². The van der Waals surface area contributed by atoms with Gasteiger partial charge in [0.05, 0.1) is 0 Å². The molecule has 0 saturated heterocycles. The van der Waals surface area contributed by atoms with E-state index in [1.54, 1.807) is 0 Å². The molecule has 0 amide bonds. The third-order valence-corrected chi connectivity index (χ3v) is 5.76. The molecule has 0 bridgehead atoms. The van der Waals surface area contributed by atoms with E-state index in [4.69, 9.17) is 0 Å². The van der Waals surface area contributed by atoms with Crippen molar-refractivity contribution in [2.24, 2.45) is 0 Å². The molecule has 0 spiro atoms. The number of nitrogens with zero attached hydrogens (tertiary/aromatic N) is 2. The van der Waals surface area contributed by atoms with Gasteiger partial charge in [0.1, 0.15) is 0 Å². The van der Waals surface area contributed by atoms with Gasteiger partial charge >= 0.3 is 0 Å². The standard InChI is InChI=1S/C34H30N2/c1-35(2)33-23-19-31(20-24-33)17-15-29-11-7-27(8-12-29)5-6-28-9-13-30(14-10-28)16-18-32-21-25-34(26-22-32)36(3)4/h5-14,19-26H,1-4H3. The van der Waals surface area contributed by atoms with Crippen molar-refractivity contribution in [3.05, 3.63) is 130 Å². The molecular weight excluding hydrogens is 436 g/mol. The summed E-state index contributed by atoms with van der Waals surface area (Å²) in [6.45, 7) is 0. The first-order chi connectivity index (χ1) is 17.5. The van der Waals surface area contributed by atoms with Crippen LogP contribution in [0.1, 0.15) is 33.4 Å². The Kier molecular flexibility index (Phi) is 7.92. The second-order valence-electron chi connectivity index (χ2n) is 8.96. The lowest BCUT2D eigenvalue weighted by molar-refractivity contribution is 1.13. The van der Waals surface area contributed by atoms with Crippen molar-refractivity contribution < 1.29 is 0 Å². The molecule has 2 nitrogen and oxygen atoms in total. The SMILES string of the molecule is CN(C)c1ccc(C#Cc2ccc(C=Cc3ccc(C#Cc4ccc(N(C)C)cc4)cc3)cc2)cc1. The highest BCUT2D eigenvalue weighted by Gasteiger charge is 1.96. The van der Waals surface area contributed by atoms with Gasteiger partial charge in [-0.3, -0.25) is 0 Å². The summed E-state index contributed by atoms with van der Waals surface area (Å²) >= 11 is 0. The Balaban J connectivity index is 1.35. The van der Waals surface area contributed by atoms with E-state index in [-0.39, 0.29) is 0 Å². The van der Waals surface area contributed by atoms with Gasteiger partial charge in [-0.1, -0.05) is 60.1 Å². The van der Waals surface area contributed by atoms with Crippen molar-refractivity contribution >= 4 is 23.5 Å². The fraction of sp³-hybridized carbons (Fsp3) is 0.118. The smallest absolute Gasteiger partial charge is 0.0361 e. The predicted molar refractivity (Wildman–Crippen MR) is 155 cm³/mol. The molecule has 0 unspecified atom stereocenters. The van der Waals surface area contributed by atoms with Crippen LogP contribution in [0.25, 0.3) is 12.2 Å². The summed E-state index contributed by atoms with van der Waals surface area (Å²) in [6, 6.07) is 33.2. The van der Waals surface area contributed by atoms with E-state index in [9.17, 15) is 0 Å². The Morgan fingerprint density at radius 3 is 0.889 bits per heavy atom. The zero-order valence-corrected chi connectivity index (χ0v) is 21.3. The number of benzene rings is 4. The maximum absolute atomic E-state index is 3.25. The van der Waals surface area contributed by atoms with E-state index in [1.165, 1.54) is 11.4 Å². The molecule has 0 N–H and O–H groups in total. The zero-order chi connectivity index (χ0) is 25.3. The summed E-state index contributed by atoms with van der Waals surface area (Å²) in [5.74, 6) is 13.0. The fourth-order valence-electron chi connectivity index (χ4n) is 3.52. The van der Waals surface area contributed by atoms with Crippen molar-refractivity contribution in [2.45, 2.75) is 0 Å². The average Bonchev–Trinajstić information content (AvgIpc) is 2.91. The summed E-state index contributed by atoms with van der Waals surface area (Å²) in [5, 5.41) is 0. The summed E-state index contributed by atoms with van der Waals surface area (Å²) in [5.41, 5.74) is 8.66. The Morgan fingerprint density at radius 2 is 0.639 bits per heavy atom. The van der Waals surface area contributed by atoms with Crippen molar-refractivity contribution in [3.8, 4) is 23.7 Å². The molecule has 0 aromatic heterocycles. The van der Waals surface area contributed by atoms with Gasteiger partial charge in [0, 0.05) is 61.8 Å². The van der Waals surface area contributed by atoms with E-state index >= 15 is 0 Å². The molecule has 4 aromatic rings. The second-order valence-corrected chi connectivity index (χ2v) is 8.96. The van der Waals surface area contributed by atoms with Crippen LogP contribution in [0, 0.1) is 23.7 Å². The Bertz CT molecular complexity index is 1320. The first-order valence-corrected chi connectivity index (χ1v) is 11.9. The molecule has 0 atom stereocenters. The Morgan fingerprint density at radius 1 is 0.389 bits per heavy atom. The topological polar surface area (TPSA) is 6.48 Å². The first kappa shape index (κ1) is 24.5. The van der Waals surface area contributed by atoms with Gasteiger partial charge in [-0.25, -0.2) is 0 Å². The van der Waals surface area contributed by atoms with Crippen molar-refractivity contribution in [1.82, 2.24) is 0 Å². The first-order valence-electron chi connectivity index (χ1n) is 11.9. The van der Waals surface area contributed by atoms with Crippen molar-refractivity contribution in [1.29, 1.82) is 0 Å². The molecular formula is C34H30N2. The minimum atomic E-state index is 1.00. The minimum absolute atomic E-state index is 1.00. The molecule has 176 valence electrons.